The Morgan fingerprint density at radius 2 is 1.26 bits per heavy atom. The number of ketones is 1. The molecule has 1 aromatic heterocycles. The molecule has 0 aliphatic heterocycles. The Kier molecular flexibility index (Phi) is 15.5. The monoisotopic (exact) mass is 1220 g/mol. The van der Waals surface area contributed by atoms with Gasteiger partial charge in [-0.1, -0.05) is 30.4 Å². The van der Waals surface area contributed by atoms with Crippen molar-refractivity contribution in [1.82, 2.24) is 15.2 Å². The summed E-state index contributed by atoms with van der Waals surface area (Å²) in [5.74, 6) is -4.13. The van der Waals surface area contributed by atoms with Crippen molar-refractivity contribution in [3.63, 3.8) is 0 Å². The molecule has 0 spiro atoms. The van der Waals surface area contributed by atoms with Crippen LogP contribution in [0.1, 0.15) is 45.2 Å². The molecule has 0 bridgehead atoms. The van der Waals surface area contributed by atoms with Crippen LogP contribution in [-0.2, 0) is 60.2 Å². The number of H-pyrrole nitrogens is 1. The largest absolute Gasteiger partial charge is 0.505 e. The number of carbonyl (C=O) groups is 3. The minimum absolute atomic E-state index is 0.00223. The van der Waals surface area contributed by atoms with E-state index >= 15 is 0 Å². The molecule has 4 aromatic carbocycles. The number of aliphatic imine (C=N–C) groups is 1. The number of hydrogen-bond acceptors (Lipinski definition) is 21. The molecule has 3 aliphatic carbocycles. The van der Waals surface area contributed by atoms with Gasteiger partial charge in [-0.2, -0.15) is 42.1 Å². The number of hydrazine groups is 1. The maximum absolute atomic E-state index is 13.7. The molecule has 3 aliphatic rings. The van der Waals surface area contributed by atoms with Crippen LogP contribution >= 0.6 is 0 Å². The molecule has 10 N–H and O–H groups in total. The van der Waals surface area contributed by atoms with E-state index in [1.807, 2.05) is 0 Å². The fourth-order valence-electron chi connectivity index (χ4n) is 7.90. The average molecular weight is 1220 g/mol. The lowest BCUT2D eigenvalue weighted by atomic mass is 9.91. The summed E-state index contributed by atoms with van der Waals surface area (Å²) >= 11 is 0. The summed E-state index contributed by atoms with van der Waals surface area (Å²) in [6.45, 7) is 2.49. The van der Waals surface area contributed by atoms with Gasteiger partial charge in [-0.25, -0.2) is 14.5 Å². The van der Waals surface area contributed by atoms with Gasteiger partial charge in [-0.3, -0.25) is 42.2 Å². The highest BCUT2D eigenvalue weighted by Gasteiger charge is 2.33. The molecule has 0 atom stereocenters. The number of fused-ring (bicyclic) bond motifs is 2. The summed E-state index contributed by atoms with van der Waals surface area (Å²) in [4.78, 5) is 50.2. The zero-order valence-corrected chi connectivity index (χ0v) is 45.1. The smallest absolute Gasteiger partial charge is 0.338 e. The average Bonchev–Trinajstić information content (AvgIpc) is 3.85. The van der Waals surface area contributed by atoms with E-state index < -0.39 is 132 Å². The number of benzene rings is 4. The normalized spacial score (nSPS) is 16.6. The molecular formula is C47H35N9O21S5. The number of amides is 1. The summed E-state index contributed by atoms with van der Waals surface area (Å²) in [6, 6.07) is 11.4. The predicted octanol–water partition coefficient (Wildman–Crippen LogP) is 4.51. The quantitative estimate of drug-likeness (QED) is 0.0298. The van der Waals surface area contributed by atoms with E-state index in [4.69, 9.17) is 0 Å². The van der Waals surface area contributed by atoms with Gasteiger partial charge in [0.2, 0.25) is 11.7 Å². The summed E-state index contributed by atoms with van der Waals surface area (Å²) in [5.41, 5.74) is -0.619. The van der Waals surface area contributed by atoms with Crippen molar-refractivity contribution in [3.05, 3.63) is 169 Å². The van der Waals surface area contributed by atoms with Crippen LogP contribution in [0.3, 0.4) is 0 Å². The molecular weight excluding hydrogens is 1190 g/mol. The number of aromatic nitrogens is 2. The van der Waals surface area contributed by atoms with Gasteiger partial charge >= 0.3 is 5.97 Å². The Morgan fingerprint density at radius 3 is 1.87 bits per heavy atom. The van der Waals surface area contributed by atoms with Gasteiger partial charge in [0.15, 0.2) is 11.4 Å². The number of carboxylic acid groups (broad SMARTS) is 1. The highest BCUT2D eigenvalue weighted by molar-refractivity contribution is 7.91. The van der Waals surface area contributed by atoms with Crippen molar-refractivity contribution in [2.75, 3.05) is 5.43 Å². The van der Waals surface area contributed by atoms with Crippen molar-refractivity contribution in [2.24, 2.45) is 25.4 Å². The van der Waals surface area contributed by atoms with E-state index in [1.54, 1.807) is 0 Å². The van der Waals surface area contributed by atoms with Crippen LogP contribution in [-0.4, -0.2) is 120 Å². The first-order chi connectivity index (χ1) is 38.1. The molecule has 0 saturated heterocycles. The second kappa shape index (κ2) is 21.6. The number of azo groups is 1. The number of nitrogens with zero attached hydrogens (tertiary/aromatic N) is 6. The number of aromatic carboxylic acids is 1. The third kappa shape index (κ3) is 12.5. The van der Waals surface area contributed by atoms with Gasteiger partial charge in [-0.05, 0) is 103 Å². The van der Waals surface area contributed by atoms with Crippen molar-refractivity contribution in [2.45, 2.75) is 33.4 Å². The van der Waals surface area contributed by atoms with Crippen LogP contribution in [0.4, 0.5) is 17.1 Å². The number of carbonyl (C=O) groups excluding carboxylic acids is 2. The van der Waals surface area contributed by atoms with Gasteiger partial charge in [-0.15, -0.1) is 20.4 Å². The number of anilines is 1. The Morgan fingerprint density at radius 1 is 0.646 bits per heavy atom. The maximum atomic E-state index is 13.7. The van der Waals surface area contributed by atoms with Gasteiger partial charge in [0.1, 0.15) is 31.8 Å². The molecule has 35 heteroatoms. The molecule has 0 unspecified atom stereocenters. The third-order valence-electron chi connectivity index (χ3n) is 11.6. The van der Waals surface area contributed by atoms with E-state index in [-0.39, 0.29) is 61.9 Å². The second-order valence-electron chi connectivity index (χ2n) is 17.1. The minimum atomic E-state index is -5.20. The SMILES string of the molecule is CC(=O)N=C1C=CC2=C(O)C(=NN=C3C(=O)C=C(NNc4ccc(C=Cc5ccc(-n6[nH]c(C)c(N=Nc7ccc(S(=O)(=O)O)cc7C(=O)O)c6=O)cc5S(=O)(=O)O)c(S(=O)(=O)O)c4)c4cc(S(=O)(=O)O)ccc43)C(S(=O)(=O)O)=CC2=C1. The number of aromatic amines is 1. The molecule has 0 saturated carbocycles. The fraction of sp³-hybridized carbons (Fsp3) is 0.0426. The highest BCUT2D eigenvalue weighted by atomic mass is 32.2. The topological polar surface area (TPSA) is 487 Å². The lowest BCUT2D eigenvalue weighted by Gasteiger charge is -2.22. The number of rotatable bonds is 15. The number of aliphatic hydroxyl groups excluding tert-OH is 1. The number of carboxylic acids is 1. The van der Waals surface area contributed by atoms with E-state index in [9.17, 15) is 94.2 Å². The maximum Gasteiger partial charge on any atom is 0.338 e. The zero-order valence-electron chi connectivity index (χ0n) is 41.0. The van der Waals surface area contributed by atoms with E-state index in [0.717, 1.165) is 90.5 Å². The minimum Gasteiger partial charge on any atom is -0.505 e. The number of nitrogens with one attached hydrogen (secondary N) is 3. The molecule has 8 rings (SSSR count). The van der Waals surface area contributed by atoms with Crippen LogP contribution in [0.15, 0.2) is 175 Å². The Labute approximate surface area is 461 Å². The van der Waals surface area contributed by atoms with E-state index in [0.29, 0.717) is 6.07 Å². The molecule has 0 fully saturated rings. The lowest BCUT2D eigenvalue weighted by Crippen LogP contribution is -2.28. The number of aliphatic hydroxyl groups is 1. The molecule has 30 nitrogen and oxygen atoms in total. The van der Waals surface area contributed by atoms with E-state index in [2.05, 4.69) is 41.4 Å². The van der Waals surface area contributed by atoms with Crippen LogP contribution < -0.4 is 16.4 Å². The first-order valence-electron chi connectivity index (χ1n) is 22.3. The zero-order chi connectivity index (χ0) is 60.2. The van der Waals surface area contributed by atoms with Crippen LogP contribution in [0.5, 0.6) is 0 Å². The molecule has 0 radical (unpaired) electrons. The van der Waals surface area contributed by atoms with Crippen LogP contribution in [0.25, 0.3) is 23.5 Å². The number of hydrogen-bond donors (Lipinski definition) is 10. The second-order valence-corrected chi connectivity index (χ2v) is 24.1. The van der Waals surface area contributed by atoms with Gasteiger partial charge in [0.25, 0.3) is 56.1 Å². The molecule has 1 heterocycles. The highest BCUT2D eigenvalue weighted by Crippen LogP contribution is 2.34. The number of allylic oxidation sites excluding steroid dienone is 8. The summed E-state index contributed by atoms with van der Waals surface area (Å²) in [6.07, 6.45) is 7.53. The fourth-order valence-corrected chi connectivity index (χ4v) is 11.0. The van der Waals surface area contributed by atoms with Crippen LogP contribution in [0.2, 0.25) is 0 Å². The summed E-state index contributed by atoms with van der Waals surface area (Å²) in [5, 5.41) is 38.5. The molecule has 424 valence electrons. The van der Waals surface area contributed by atoms with Crippen molar-refractivity contribution in [1.29, 1.82) is 0 Å². The molecule has 1 amide bonds. The Hall–Kier alpha value is -9.30. The standard InChI is InChI=1S/C47H35N9O21S5/c1-22-42(52-50-36-14-11-31(79(66,67)68)20-35(36)47(61)62)46(60)56(55-22)29-9-6-25(40(18-29)81(72,73)74)4-3-24-5-7-28(17-39(24)80(69,70)71)49-51-37-21-38(58)43(33-13-10-30(19-34(33)37)78(63,64)65)53-54-44-41(82(75,76)77)16-26-15-27(48-23(2)57)8-12-32(26)45(44)59/h3-21,49,51,55,59H,1-2H3,(H,61,62)(H,63,64,65)(H,66,67,68)(H,69,70,71)(H,72,73,74)(H,75,76,77). The molecule has 82 heavy (non-hydrogen) atoms. The van der Waals surface area contributed by atoms with Crippen LogP contribution in [0, 0.1) is 6.92 Å². The van der Waals surface area contributed by atoms with Gasteiger partial charge in [0.05, 0.1) is 43.8 Å². The third-order valence-corrected chi connectivity index (χ3v) is 16.0. The Balaban J connectivity index is 1.08. The lowest BCUT2D eigenvalue weighted by molar-refractivity contribution is -0.115. The summed E-state index contributed by atoms with van der Waals surface area (Å²) < 4.78 is 174. The first-order valence-corrected chi connectivity index (χ1v) is 29.5. The van der Waals surface area contributed by atoms with Crippen molar-refractivity contribution in [3.8, 4) is 5.69 Å². The summed E-state index contributed by atoms with van der Waals surface area (Å²) in [7, 11) is -25.3. The van der Waals surface area contributed by atoms with Gasteiger partial charge in [0, 0.05) is 29.7 Å². The number of aryl methyl sites for hydroxylation is 1. The van der Waals surface area contributed by atoms with E-state index in [1.165, 1.54) is 37.3 Å². The van der Waals surface area contributed by atoms with Crippen molar-refractivity contribution >= 4 is 120 Å². The Bertz CT molecular complexity index is 4710. The van der Waals surface area contributed by atoms with Crippen molar-refractivity contribution < 1.29 is 89.4 Å². The predicted molar refractivity (Wildman–Crippen MR) is 288 cm³/mol. The van der Waals surface area contributed by atoms with Gasteiger partial charge < -0.3 is 21.1 Å². The molecule has 5 aromatic rings. The first kappa shape index (κ1) is 58.8.